The first kappa shape index (κ1) is 25.1. The molecule has 2 atom stereocenters. The zero-order chi connectivity index (χ0) is 25.6. The predicted octanol–water partition coefficient (Wildman–Crippen LogP) is 3.52. The predicted molar refractivity (Wildman–Crippen MR) is 145 cm³/mol. The average molecular weight is 542 g/mol. The van der Waals surface area contributed by atoms with Gasteiger partial charge >= 0.3 is 0 Å². The Balaban J connectivity index is 1.16. The zero-order valence-electron chi connectivity index (χ0n) is 20.9. The summed E-state index contributed by atoms with van der Waals surface area (Å²) in [6.07, 6.45) is 6.91. The van der Waals surface area contributed by atoms with Crippen LogP contribution in [0.25, 0.3) is 11.2 Å². The van der Waals surface area contributed by atoms with Crippen LogP contribution in [0.5, 0.6) is 0 Å². The van der Waals surface area contributed by atoms with Gasteiger partial charge in [0.05, 0.1) is 30.0 Å². The Hall–Kier alpha value is -2.24. The monoisotopic (exact) mass is 541 g/mol. The molecule has 0 saturated carbocycles. The third kappa shape index (κ3) is 4.85. The number of aromatic nitrogens is 4. The van der Waals surface area contributed by atoms with E-state index < -0.39 is 0 Å². The topological polar surface area (TPSA) is 114 Å². The number of pyridine rings is 2. The van der Waals surface area contributed by atoms with Gasteiger partial charge in [0, 0.05) is 48.7 Å². The second-order valence-electron chi connectivity index (χ2n) is 10.4. The van der Waals surface area contributed by atoms with Crippen molar-refractivity contribution in [3.63, 3.8) is 0 Å². The van der Waals surface area contributed by atoms with Gasteiger partial charge in [0.1, 0.15) is 22.2 Å². The molecule has 6 rings (SSSR count). The molecule has 0 bridgehead atoms. The van der Waals surface area contributed by atoms with E-state index in [-0.39, 0.29) is 23.7 Å². The maximum absolute atomic E-state index is 9.82. The third-order valence-corrected chi connectivity index (χ3v) is 9.59. The molecule has 0 amide bonds. The molecule has 3 aromatic rings. The van der Waals surface area contributed by atoms with Gasteiger partial charge in [-0.15, -0.1) is 0 Å². The Morgan fingerprint density at radius 1 is 1.08 bits per heavy atom. The van der Waals surface area contributed by atoms with Crippen molar-refractivity contribution in [1.29, 1.82) is 0 Å². The van der Waals surface area contributed by atoms with Gasteiger partial charge in [-0.3, -0.25) is 0 Å². The second-order valence-corrected chi connectivity index (χ2v) is 11.8. The van der Waals surface area contributed by atoms with Crippen LogP contribution in [0.3, 0.4) is 0 Å². The number of aliphatic hydroxyl groups excluding tert-OH is 1. The SMILES string of the molecule is C[C@@H]1OCC2(CCN(c3cnc4nc(Sc5ccnc(N6CCC(O)CC6)c5Cl)ccc4n3)CC2)[C@@H]1N. The van der Waals surface area contributed by atoms with Crippen molar-refractivity contribution in [2.45, 2.75) is 60.8 Å². The number of aliphatic hydroxyl groups is 1. The first-order valence-electron chi connectivity index (χ1n) is 12.9. The lowest BCUT2D eigenvalue weighted by Gasteiger charge is -2.41. The summed E-state index contributed by atoms with van der Waals surface area (Å²) in [5, 5.41) is 11.2. The summed E-state index contributed by atoms with van der Waals surface area (Å²) in [6, 6.07) is 5.92. The summed E-state index contributed by atoms with van der Waals surface area (Å²) in [4.78, 5) is 24.1. The van der Waals surface area contributed by atoms with Crippen molar-refractivity contribution in [3.05, 3.63) is 35.6 Å². The molecule has 0 radical (unpaired) electrons. The number of hydrogen-bond donors (Lipinski definition) is 2. The van der Waals surface area contributed by atoms with Crippen molar-refractivity contribution in [1.82, 2.24) is 19.9 Å². The zero-order valence-corrected chi connectivity index (χ0v) is 22.5. The fraction of sp³-hybridized carbons (Fsp3) is 0.538. The molecule has 3 fully saturated rings. The maximum Gasteiger partial charge on any atom is 0.179 e. The van der Waals surface area contributed by atoms with E-state index in [0.717, 1.165) is 85.5 Å². The number of rotatable bonds is 4. The molecule has 3 aliphatic rings. The Bertz CT molecular complexity index is 1280. The largest absolute Gasteiger partial charge is 0.393 e. The van der Waals surface area contributed by atoms with E-state index in [0.29, 0.717) is 10.7 Å². The molecule has 1 spiro atoms. The van der Waals surface area contributed by atoms with Crippen molar-refractivity contribution >= 4 is 46.2 Å². The summed E-state index contributed by atoms with van der Waals surface area (Å²) in [5.41, 5.74) is 7.93. The highest BCUT2D eigenvalue weighted by Crippen LogP contribution is 2.42. The molecule has 0 aromatic carbocycles. The molecule has 0 unspecified atom stereocenters. The van der Waals surface area contributed by atoms with E-state index in [9.17, 15) is 5.11 Å². The fourth-order valence-corrected chi connectivity index (χ4v) is 6.80. The van der Waals surface area contributed by atoms with Crippen molar-refractivity contribution in [2.24, 2.45) is 11.1 Å². The van der Waals surface area contributed by atoms with E-state index in [1.165, 1.54) is 11.8 Å². The summed E-state index contributed by atoms with van der Waals surface area (Å²) < 4.78 is 5.85. The van der Waals surface area contributed by atoms with Crippen LogP contribution in [0.4, 0.5) is 11.6 Å². The van der Waals surface area contributed by atoms with Crippen LogP contribution in [0, 0.1) is 5.41 Å². The van der Waals surface area contributed by atoms with Gasteiger partial charge in [0.2, 0.25) is 0 Å². The molecule has 3 aliphatic heterocycles. The normalized spacial score (nSPS) is 24.3. The number of fused-ring (bicyclic) bond motifs is 1. The second kappa shape index (κ2) is 10.1. The quantitative estimate of drug-likeness (QED) is 0.508. The highest BCUT2D eigenvalue weighted by molar-refractivity contribution is 7.99. The van der Waals surface area contributed by atoms with Gasteiger partial charge in [-0.05, 0) is 50.8 Å². The third-order valence-electron chi connectivity index (χ3n) is 8.11. The number of halogens is 1. The van der Waals surface area contributed by atoms with Crippen LogP contribution in [-0.4, -0.2) is 76.1 Å². The minimum absolute atomic E-state index is 0.0806. The van der Waals surface area contributed by atoms with Gasteiger partial charge in [-0.2, -0.15) is 0 Å². The number of ether oxygens (including phenoxy) is 1. The van der Waals surface area contributed by atoms with Crippen LogP contribution >= 0.6 is 23.4 Å². The molecule has 6 heterocycles. The lowest BCUT2D eigenvalue weighted by atomic mass is 9.73. The molecule has 3 saturated heterocycles. The molecular weight excluding hydrogens is 510 g/mol. The van der Waals surface area contributed by atoms with Crippen LogP contribution in [0.15, 0.2) is 40.5 Å². The van der Waals surface area contributed by atoms with Crippen molar-refractivity contribution in [3.8, 4) is 0 Å². The molecule has 37 heavy (non-hydrogen) atoms. The smallest absolute Gasteiger partial charge is 0.179 e. The van der Waals surface area contributed by atoms with Gasteiger partial charge in [0.15, 0.2) is 5.65 Å². The van der Waals surface area contributed by atoms with E-state index >= 15 is 0 Å². The van der Waals surface area contributed by atoms with Crippen molar-refractivity contribution < 1.29 is 9.84 Å². The molecule has 3 N–H and O–H groups in total. The van der Waals surface area contributed by atoms with Gasteiger partial charge in [-0.25, -0.2) is 19.9 Å². The van der Waals surface area contributed by atoms with E-state index in [1.807, 2.05) is 24.4 Å². The molecule has 0 aliphatic carbocycles. The standard InChI is InChI=1S/C26H32ClN7O2S/c1-16-23(28)26(15-36-16)7-12-33(13-8-26)20-14-30-24-18(31-20)2-3-21(32-24)37-19-4-9-29-25(22(19)27)34-10-5-17(35)6-11-34/h2-4,9,14,16-17,23,35H,5-8,10-13,15,28H2,1H3/t16-,23+/m0/s1. The summed E-state index contributed by atoms with van der Waals surface area (Å²) in [6.45, 7) is 6.09. The molecular formula is C26H32ClN7O2S. The highest BCUT2D eigenvalue weighted by atomic mass is 35.5. The number of piperidine rings is 2. The molecule has 196 valence electrons. The van der Waals surface area contributed by atoms with Crippen LogP contribution < -0.4 is 15.5 Å². The van der Waals surface area contributed by atoms with E-state index in [4.69, 9.17) is 32.0 Å². The fourth-order valence-electron chi connectivity index (χ4n) is 5.65. The van der Waals surface area contributed by atoms with Crippen molar-refractivity contribution in [2.75, 3.05) is 42.6 Å². The summed E-state index contributed by atoms with van der Waals surface area (Å²) >= 11 is 8.24. The Labute approximate surface area is 225 Å². The Morgan fingerprint density at radius 3 is 2.59 bits per heavy atom. The molecule has 11 heteroatoms. The number of anilines is 2. The molecule has 3 aromatic heterocycles. The lowest BCUT2D eigenvalue weighted by Crippen LogP contribution is -2.50. The lowest BCUT2D eigenvalue weighted by molar-refractivity contribution is 0.0974. The number of hydrogen-bond acceptors (Lipinski definition) is 10. The Kier molecular flexibility index (Phi) is 6.87. The average Bonchev–Trinajstić information content (AvgIpc) is 3.19. The van der Waals surface area contributed by atoms with Gasteiger partial charge in [-0.1, -0.05) is 23.4 Å². The van der Waals surface area contributed by atoms with Crippen LogP contribution in [-0.2, 0) is 4.74 Å². The Morgan fingerprint density at radius 2 is 1.86 bits per heavy atom. The number of nitrogens with two attached hydrogens (primary N) is 1. The van der Waals surface area contributed by atoms with Gasteiger partial charge in [0.25, 0.3) is 0 Å². The van der Waals surface area contributed by atoms with Gasteiger partial charge < -0.3 is 25.4 Å². The van der Waals surface area contributed by atoms with E-state index in [2.05, 4.69) is 26.7 Å². The van der Waals surface area contributed by atoms with Crippen LogP contribution in [0.2, 0.25) is 5.02 Å². The van der Waals surface area contributed by atoms with E-state index in [1.54, 1.807) is 6.20 Å². The number of nitrogens with zero attached hydrogens (tertiary/aromatic N) is 6. The first-order chi connectivity index (χ1) is 17.9. The molecule has 9 nitrogen and oxygen atoms in total. The van der Waals surface area contributed by atoms with Crippen LogP contribution in [0.1, 0.15) is 32.6 Å². The highest BCUT2D eigenvalue weighted by Gasteiger charge is 2.47. The maximum atomic E-state index is 9.82. The first-order valence-corrected chi connectivity index (χ1v) is 14.1. The minimum Gasteiger partial charge on any atom is -0.393 e. The summed E-state index contributed by atoms with van der Waals surface area (Å²) in [7, 11) is 0. The minimum atomic E-state index is -0.244. The summed E-state index contributed by atoms with van der Waals surface area (Å²) in [5.74, 6) is 1.63.